The Bertz CT molecular complexity index is 508. The molecular formula is C11H13N5O. The lowest BCUT2D eigenvalue weighted by molar-refractivity contribution is 0.0935. The van der Waals surface area contributed by atoms with Crippen molar-refractivity contribution in [2.75, 3.05) is 5.73 Å². The summed E-state index contributed by atoms with van der Waals surface area (Å²) in [7, 11) is 0. The fraction of sp³-hybridized carbons (Fsp3) is 0.182. The number of aromatic nitrogens is 3. The number of hydrogen-bond acceptors (Lipinski definition) is 4. The van der Waals surface area contributed by atoms with Gasteiger partial charge in [0.25, 0.3) is 5.91 Å². The standard InChI is InChI=1S/C11H13N5O/c1-7(8-3-2-4-13-6-8)14-11(17)9-5-10(12)16-15-9/h2-7H,1H3,(H,14,17)(H3,12,15,16). The molecular weight excluding hydrogens is 218 g/mol. The van der Waals surface area contributed by atoms with E-state index in [1.165, 1.54) is 6.07 Å². The molecule has 0 bridgehead atoms. The van der Waals surface area contributed by atoms with Crippen LogP contribution in [0.2, 0.25) is 0 Å². The van der Waals surface area contributed by atoms with Crippen LogP contribution in [-0.2, 0) is 0 Å². The predicted molar refractivity (Wildman–Crippen MR) is 63.1 cm³/mol. The molecule has 0 saturated carbocycles. The Balaban J connectivity index is 2.04. The minimum atomic E-state index is -0.245. The number of nitrogen functional groups attached to an aromatic ring is 1. The third-order valence-corrected chi connectivity index (χ3v) is 2.37. The molecule has 0 radical (unpaired) electrons. The molecule has 0 saturated heterocycles. The average Bonchev–Trinajstić information content (AvgIpc) is 2.77. The van der Waals surface area contributed by atoms with Crippen molar-refractivity contribution in [2.45, 2.75) is 13.0 Å². The van der Waals surface area contributed by atoms with Gasteiger partial charge in [0, 0.05) is 18.5 Å². The van der Waals surface area contributed by atoms with Crippen LogP contribution in [-0.4, -0.2) is 21.1 Å². The second kappa shape index (κ2) is 4.65. The number of aromatic amines is 1. The normalized spacial score (nSPS) is 12.1. The maximum Gasteiger partial charge on any atom is 0.269 e. The molecule has 0 spiro atoms. The van der Waals surface area contributed by atoms with Crippen molar-refractivity contribution in [3.63, 3.8) is 0 Å². The highest BCUT2D eigenvalue weighted by atomic mass is 16.2. The molecule has 6 heteroatoms. The SMILES string of the molecule is CC(NC(=O)c1cc(N)n[nH]1)c1cccnc1. The zero-order chi connectivity index (χ0) is 12.3. The number of nitrogens with zero attached hydrogens (tertiary/aromatic N) is 2. The molecule has 1 atom stereocenters. The monoisotopic (exact) mass is 231 g/mol. The minimum Gasteiger partial charge on any atom is -0.382 e. The van der Waals surface area contributed by atoms with Gasteiger partial charge in [0.2, 0.25) is 0 Å². The maximum atomic E-state index is 11.8. The maximum absolute atomic E-state index is 11.8. The number of amides is 1. The van der Waals surface area contributed by atoms with Crippen LogP contribution in [0.15, 0.2) is 30.6 Å². The summed E-state index contributed by atoms with van der Waals surface area (Å²) in [4.78, 5) is 15.8. The van der Waals surface area contributed by atoms with Crippen molar-refractivity contribution < 1.29 is 4.79 Å². The van der Waals surface area contributed by atoms with E-state index < -0.39 is 0 Å². The molecule has 0 aliphatic carbocycles. The van der Waals surface area contributed by atoms with Gasteiger partial charge < -0.3 is 11.1 Å². The summed E-state index contributed by atoms with van der Waals surface area (Å²) in [5, 5.41) is 9.08. The fourth-order valence-corrected chi connectivity index (χ4v) is 1.44. The van der Waals surface area contributed by atoms with Crippen LogP contribution in [0.5, 0.6) is 0 Å². The van der Waals surface area contributed by atoms with Crippen molar-refractivity contribution in [3.8, 4) is 0 Å². The molecule has 0 aliphatic heterocycles. The highest BCUT2D eigenvalue weighted by molar-refractivity contribution is 5.93. The van der Waals surface area contributed by atoms with Crippen LogP contribution >= 0.6 is 0 Å². The number of anilines is 1. The summed E-state index contributed by atoms with van der Waals surface area (Å²) < 4.78 is 0. The molecule has 2 heterocycles. The van der Waals surface area contributed by atoms with E-state index in [9.17, 15) is 4.79 Å². The highest BCUT2D eigenvalue weighted by Gasteiger charge is 2.13. The number of nitrogens with two attached hydrogens (primary N) is 1. The van der Waals surface area contributed by atoms with Gasteiger partial charge in [-0.25, -0.2) is 0 Å². The van der Waals surface area contributed by atoms with Crippen molar-refractivity contribution >= 4 is 11.7 Å². The third-order valence-electron chi connectivity index (χ3n) is 2.37. The minimum absolute atomic E-state index is 0.124. The fourth-order valence-electron chi connectivity index (χ4n) is 1.44. The number of carbonyl (C=O) groups is 1. The lowest BCUT2D eigenvalue weighted by Crippen LogP contribution is -2.27. The highest BCUT2D eigenvalue weighted by Crippen LogP contribution is 2.11. The number of rotatable bonds is 3. The smallest absolute Gasteiger partial charge is 0.269 e. The lowest BCUT2D eigenvalue weighted by Gasteiger charge is -2.12. The largest absolute Gasteiger partial charge is 0.382 e. The van der Waals surface area contributed by atoms with E-state index in [-0.39, 0.29) is 11.9 Å². The molecule has 1 unspecified atom stereocenters. The summed E-state index contributed by atoms with van der Waals surface area (Å²) in [6, 6.07) is 5.09. The van der Waals surface area contributed by atoms with E-state index >= 15 is 0 Å². The molecule has 6 nitrogen and oxygen atoms in total. The Morgan fingerprint density at radius 3 is 3.00 bits per heavy atom. The average molecular weight is 231 g/mol. The van der Waals surface area contributed by atoms with Gasteiger partial charge in [-0.1, -0.05) is 6.07 Å². The van der Waals surface area contributed by atoms with Gasteiger partial charge >= 0.3 is 0 Å². The van der Waals surface area contributed by atoms with Gasteiger partial charge in [-0.05, 0) is 18.6 Å². The van der Waals surface area contributed by atoms with E-state index in [0.29, 0.717) is 11.5 Å². The summed E-state index contributed by atoms with van der Waals surface area (Å²) in [6.45, 7) is 1.88. The zero-order valence-electron chi connectivity index (χ0n) is 9.34. The van der Waals surface area contributed by atoms with Gasteiger partial charge in [0.05, 0.1) is 6.04 Å². The molecule has 0 aromatic carbocycles. The zero-order valence-corrected chi connectivity index (χ0v) is 9.34. The van der Waals surface area contributed by atoms with Crippen molar-refractivity contribution in [2.24, 2.45) is 0 Å². The van der Waals surface area contributed by atoms with Gasteiger partial charge in [0.15, 0.2) is 0 Å². The van der Waals surface area contributed by atoms with Gasteiger partial charge in [-0.15, -0.1) is 0 Å². The number of hydrogen-bond donors (Lipinski definition) is 3. The van der Waals surface area contributed by atoms with Crippen molar-refractivity contribution in [3.05, 3.63) is 41.9 Å². The number of carbonyl (C=O) groups excluding carboxylic acids is 1. The predicted octanol–water partition coefficient (Wildman–Crippen LogP) is 0.878. The topological polar surface area (TPSA) is 96.7 Å². The molecule has 0 aliphatic rings. The first-order chi connectivity index (χ1) is 8.16. The van der Waals surface area contributed by atoms with E-state index in [0.717, 1.165) is 5.56 Å². The first kappa shape index (κ1) is 11.1. The Hall–Kier alpha value is -2.37. The van der Waals surface area contributed by atoms with E-state index in [4.69, 9.17) is 5.73 Å². The van der Waals surface area contributed by atoms with Crippen molar-refractivity contribution in [1.29, 1.82) is 0 Å². The van der Waals surface area contributed by atoms with Crippen LogP contribution in [0.3, 0.4) is 0 Å². The summed E-state index contributed by atoms with van der Waals surface area (Å²) >= 11 is 0. The molecule has 1 amide bonds. The number of H-pyrrole nitrogens is 1. The molecule has 4 N–H and O–H groups in total. The first-order valence-electron chi connectivity index (χ1n) is 5.18. The third kappa shape index (κ3) is 2.60. The Kier molecular flexibility index (Phi) is 3.04. The van der Waals surface area contributed by atoms with Crippen LogP contribution in [0, 0.1) is 0 Å². The van der Waals surface area contributed by atoms with E-state index in [2.05, 4.69) is 20.5 Å². The number of nitrogens with one attached hydrogen (secondary N) is 2. The molecule has 17 heavy (non-hydrogen) atoms. The molecule has 0 fully saturated rings. The molecule has 88 valence electrons. The van der Waals surface area contributed by atoms with Crippen LogP contribution < -0.4 is 11.1 Å². The molecule has 2 aromatic rings. The van der Waals surface area contributed by atoms with Gasteiger partial charge in [-0.2, -0.15) is 5.10 Å². The Morgan fingerprint density at radius 1 is 1.59 bits per heavy atom. The van der Waals surface area contributed by atoms with Crippen LogP contribution in [0.1, 0.15) is 29.0 Å². The van der Waals surface area contributed by atoms with Crippen LogP contribution in [0.4, 0.5) is 5.82 Å². The first-order valence-corrected chi connectivity index (χ1v) is 5.18. The van der Waals surface area contributed by atoms with Crippen molar-refractivity contribution in [1.82, 2.24) is 20.5 Å². The Morgan fingerprint density at radius 2 is 2.41 bits per heavy atom. The second-order valence-corrected chi connectivity index (χ2v) is 3.69. The molecule has 2 aromatic heterocycles. The van der Waals surface area contributed by atoms with Gasteiger partial charge in [0.1, 0.15) is 11.5 Å². The number of pyridine rings is 1. The summed E-state index contributed by atoms with van der Waals surface area (Å²) in [5.74, 6) is 0.0507. The Labute approximate surface area is 98.3 Å². The van der Waals surface area contributed by atoms with E-state index in [1.807, 2.05) is 19.1 Å². The summed E-state index contributed by atoms with van der Waals surface area (Å²) in [5.41, 5.74) is 6.71. The van der Waals surface area contributed by atoms with Crippen LogP contribution in [0.25, 0.3) is 0 Å². The molecule has 2 rings (SSSR count). The second-order valence-electron chi connectivity index (χ2n) is 3.69. The van der Waals surface area contributed by atoms with E-state index in [1.54, 1.807) is 12.4 Å². The van der Waals surface area contributed by atoms with Gasteiger partial charge in [-0.3, -0.25) is 14.9 Å². The summed E-state index contributed by atoms with van der Waals surface area (Å²) in [6.07, 6.45) is 3.40. The quantitative estimate of drug-likeness (QED) is 0.730. The lowest BCUT2D eigenvalue weighted by atomic mass is 10.1.